The summed E-state index contributed by atoms with van der Waals surface area (Å²) < 4.78 is 5.08. The monoisotopic (exact) mass is 671 g/mol. The number of nitrogens with zero attached hydrogens (tertiary/aromatic N) is 5. The minimum Gasteiger partial charge on any atom is -0.400 e. The molecule has 5 rings (SSSR count). The number of aliphatic hydroxyl groups is 3. The van der Waals surface area contributed by atoms with Gasteiger partial charge in [-0.15, -0.1) is 0 Å². The minimum atomic E-state index is -1.15. The molecule has 13 heteroatoms. The highest BCUT2D eigenvalue weighted by Gasteiger charge is 2.30. The molecule has 0 saturated carbocycles. The number of ether oxygens (including phenoxy) is 1. The molecular weight excluding hydrogens is 626 g/mol. The van der Waals surface area contributed by atoms with Crippen LogP contribution in [0.5, 0.6) is 0 Å². The van der Waals surface area contributed by atoms with Crippen LogP contribution >= 0.6 is 0 Å². The number of carbonyl (C=O) groups is 2. The highest BCUT2D eigenvalue weighted by atomic mass is 16.6. The smallest absolute Gasteiger partial charge is 0.238 e. The van der Waals surface area contributed by atoms with E-state index in [9.17, 15) is 19.8 Å². The molecule has 1 aliphatic rings. The number of aromatic nitrogens is 3. The Kier molecular flexibility index (Phi) is 15.2. The number of anilines is 1. The molecule has 49 heavy (non-hydrogen) atoms. The van der Waals surface area contributed by atoms with E-state index in [0.717, 1.165) is 29.8 Å². The van der Waals surface area contributed by atoms with Crippen molar-refractivity contribution < 1.29 is 29.6 Å². The molecule has 13 nitrogen and oxygen atoms in total. The molecule has 0 aliphatic carbocycles. The molecule has 3 atom stereocenters. The third-order valence-corrected chi connectivity index (χ3v) is 7.71. The van der Waals surface area contributed by atoms with Gasteiger partial charge in [0.2, 0.25) is 11.8 Å². The van der Waals surface area contributed by atoms with E-state index >= 15 is 0 Å². The summed E-state index contributed by atoms with van der Waals surface area (Å²) in [6.07, 6.45) is 3.75. The second-order valence-electron chi connectivity index (χ2n) is 11.6. The van der Waals surface area contributed by atoms with Crippen LogP contribution in [0.3, 0.4) is 0 Å². The minimum absolute atomic E-state index is 0.0397. The molecule has 2 amide bonds. The van der Waals surface area contributed by atoms with Crippen LogP contribution in [-0.4, -0.2) is 104 Å². The van der Waals surface area contributed by atoms with E-state index in [0.29, 0.717) is 38.4 Å². The maximum absolute atomic E-state index is 13.3. The van der Waals surface area contributed by atoms with Gasteiger partial charge in [0.25, 0.3) is 0 Å². The summed E-state index contributed by atoms with van der Waals surface area (Å²) in [6, 6.07) is 23.9. The fourth-order valence-corrected chi connectivity index (χ4v) is 5.36. The summed E-state index contributed by atoms with van der Waals surface area (Å²) in [5.41, 5.74) is 4.13. The van der Waals surface area contributed by atoms with E-state index < -0.39 is 18.4 Å². The van der Waals surface area contributed by atoms with Crippen LogP contribution in [0.4, 0.5) is 5.69 Å². The van der Waals surface area contributed by atoms with Gasteiger partial charge in [-0.1, -0.05) is 30.3 Å². The fourth-order valence-electron chi connectivity index (χ4n) is 5.36. The lowest BCUT2D eigenvalue weighted by molar-refractivity contribution is -0.175. The number of carbonyl (C=O) groups excluding carboxylic acids is 2. The van der Waals surface area contributed by atoms with Gasteiger partial charge in [0.05, 0.1) is 48.8 Å². The molecule has 260 valence electrons. The van der Waals surface area contributed by atoms with Crippen molar-refractivity contribution in [2.75, 3.05) is 38.7 Å². The molecule has 0 bridgehead atoms. The number of hydrogen-bond acceptors (Lipinski definition) is 11. The van der Waals surface area contributed by atoms with Gasteiger partial charge in [0.1, 0.15) is 0 Å². The highest BCUT2D eigenvalue weighted by molar-refractivity contribution is 5.92. The van der Waals surface area contributed by atoms with Crippen molar-refractivity contribution in [2.45, 2.75) is 50.9 Å². The lowest BCUT2D eigenvalue weighted by Gasteiger charge is -2.31. The van der Waals surface area contributed by atoms with Gasteiger partial charge in [0, 0.05) is 70.5 Å². The molecule has 1 fully saturated rings. The van der Waals surface area contributed by atoms with Crippen molar-refractivity contribution in [2.24, 2.45) is 0 Å². The summed E-state index contributed by atoms with van der Waals surface area (Å²) in [6.45, 7) is 3.26. The first kappa shape index (κ1) is 37.2. The molecule has 0 radical (unpaired) electrons. The zero-order valence-electron chi connectivity index (χ0n) is 27.6. The zero-order chi connectivity index (χ0) is 34.8. The number of aliphatic hydroxyl groups excluding tert-OH is 3. The van der Waals surface area contributed by atoms with E-state index in [2.05, 4.69) is 35.4 Å². The Morgan fingerprint density at radius 3 is 1.82 bits per heavy atom. The molecule has 5 N–H and O–H groups in total. The van der Waals surface area contributed by atoms with Crippen molar-refractivity contribution in [1.29, 1.82) is 0 Å². The van der Waals surface area contributed by atoms with Gasteiger partial charge in [-0.2, -0.15) is 0 Å². The Balaban J connectivity index is 0.00000265. The first-order valence-corrected chi connectivity index (χ1v) is 16.1. The van der Waals surface area contributed by atoms with Crippen LogP contribution in [0.2, 0.25) is 0 Å². The third kappa shape index (κ3) is 13.1. The molecule has 4 aromatic rings. The molecule has 1 aromatic carbocycles. The standard InChI is InChI=1S/C35H41N7O5.CH4O/c43-31-20-32(35(46)47-25-31)40-33(44)19-26-10-12-27(13-11-26)39-34(45)24-42(23-30-9-3-6-16-38-30)18-17-41(21-28-7-1-4-14-36-28)22-29-8-2-5-15-37-29;1-2/h1-16,31-32,35,43,46H,17-25H2,(H,39,45)(H,40,44);2H,1H3/t31-,32+,35?;/m0./s1. The van der Waals surface area contributed by atoms with Gasteiger partial charge in [0.15, 0.2) is 6.29 Å². The summed E-state index contributed by atoms with van der Waals surface area (Å²) >= 11 is 0. The highest BCUT2D eigenvalue weighted by Crippen LogP contribution is 2.15. The number of nitrogens with one attached hydrogen (secondary N) is 2. The van der Waals surface area contributed by atoms with Crippen molar-refractivity contribution in [3.63, 3.8) is 0 Å². The maximum Gasteiger partial charge on any atom is 0.238 e. The van der Waals surface area contributed by atoms with Crippen LogP contribution in [0.25, 0.3) is 0 Å². The van der Waals surface area contributed by atoms with Gasteiger partial charge >= 0.3 is 0 Å². The molecule has 4 heterocycles. The lowest BCUT2D eigenvalue weighted by atomic mass is 10.1. The number of hydrogen-bond donors (Lipinski definition) is 5. The number of pyridine rings is 3. The van der Waals surface area contributed by atoms with E-state index in [1.165, 1.54) is 0 Å². The summed E-state index contributed by atoms with van der Waals surface area (Å²) in [4.78, 5) is 43.6. The normalized spacial score (nSPS) is 17.2. The number of benzene rings is 1. The average molecular weight is 672 g/mol. The van der Waals surface area contributed by atoms with Crippen LogP contribution in [-0.2, 0) is 40.4 Å². The van der Waals surface area contributed by atoms with Gasteiger partial charge in [-0.3, -0.25) is 34.3 Å². The predicted octanol–water partition coefficient (Wildman–Crippen LogP) is 1.75. The van der Waals surface area contributed by atoms with Crippen LogP contribution in [0.1, 0.15) is 29.1 Å². The van der Waals surface area contributed by atoms with Gasteiger partial charge < -0.3 is 30.7 Å². The first-order chi connectivity index (χ1) is 23.9. The Morgan fingerprint density at radius 2 is 1.29 bits per heavy atom. The van der Waals surface area contributed by atoms with Crippen LogP contribution in [0, 0.1) is 0 Å². The van der Waals surface area contributed by atoms with Crippen molar-refractivity contribution in [3.05, 3.63) is 120 Å². The lowest BCUT2D eigenvalue weighted by Crippen LogP contribution is -2.51. The average Bonchev–Trinajstić information content (AvgIpc) is 3.12. The molecule has 0 spiro atoms. The second-order valence-corrected chi connectivity index (χ2v) is 11.6. The largest absolute Gasteiger partial charge is 0.400 e. The summed E-state index contributed by atoms with van der Waals surface area (Å²) in [7, 11) is 1.00. The maximum atomic E-state index is 13.3. The fraction of sp³-hybridized carbons (Fsp3) is 0.361. The van der Waals surface area contributed by atoms with Crippen LogP contribution in [0.15, 0.2) is 97.5 Å². The van der Waals surface area contributed by atoms with E-state index in [-0.39, 0.29) is 37.8 Å². The Morgan fingerprint density at radius 1 is 0.755 bits per heavy atom. The van der Waals surface area contributed by atoms with E-state index in [1.54, 1.807) is 42.9 Å². The van der Waals surface area contributed by atoms with Gasteiger partial charge in [-0.25, -0.2) is 0 Å². The SMILES string of the molecule is CO.O=C(CN(CCN(Cc1ccccn1)Cc1ccccn1)Cc1ccccn1)Nc1ccc(CC(=O)N[C@@H]2C[C@H](O)COC2O)cc1. The van der Waals surface area contributed by atoms with Crippen molar-refractivity contribution in [3.8, 4) is 0 Å². The summed E-state index contributed by atoms with van der Waals surface area (Å²) in [5, 5.41) is 32.4. The molecule has 3 aromatic heterocycles. The second kappa shape index (κ2) is 20.0. The number of rotatable bonds is 15. The quantitative estimate of drug-likeness (QED) is 0.125. The summed E-state index contributed by atoms with van der Waals surface area (Å²) in [5.74, 6) is -0.467. The number of amides is 2. The third-order valence-electron chi connectivity index (χ3n) is 7.71. The molecule has 1 unspecified atom stereocenters. The molecule has 1 aliphatic heterocycles. The Labute approximate surface area is 286 Å². The van der Waals surface area contributed by atoms with Crippen LogP contribution < -0.4 is 10.6 Å². The van der Waals surface area contributed by atoms with Crippen molar-refractivity contribution in [1.82, 2.24) is 30.1 Å². The van der Waals surface area contributed by atoms with Crippen molar-refractivity contribution >= 4 is 17.5 Å². The Hall–Kier alpha value is -4.63. The van der Waals surface area contributed by atoms with E-state index in [1.807, 2.05) is 54.6 Å². The van der Waals surface area contributed by atoms with Gasteiger partial charge in [-0.05, 0) is 54.1 Å². The molecule has 1 saturated heterocycles. The van der Waals surface area contributed by atoms with E-state index in [4.69, 9.17) is 9.84 Å². The topological polar surface area (TPSA) is 173 Å². The predicted molar refractivity (Wildman–Crippen MR) is 184 cm³/mol. The molecular formula is C36H45N7O6. The zero-order valence-corrected chi connectivity index (χ0v) is 27.6. The first-order valence-electron chi connectivity index (χ1n) is 16.1. The Bertz CT molecular complexity index is 1490.